The molecule has 20 heavy (non-hydrogen) atoms. The standard InChI is InChI=1S/C14H21N5O/c1-4-7-18-8-5-16-13(18)10-17-14(20)11(2)19-9-6-15-12(19)3/h5-6,8-9,11H,4,7,10H2,1-3H3,(H,17,20)/t11-/m1/s1. The molecule has 6 heteroatoms. The van der Waals surface area contributed by atoms with E-state index >= 15 is 0 Å². The van der Waals surface area contributed by atoms with Gasteiger partial charge in [-0.05, 0) is 20.3 Å². The van der Waals surface area contributed by atoms with Gasteiger partial charge in [-0.15, -0.1) is 0 Å². The van der Waals surface area contributed by atoms with Crippen molar-refractivity contribution in [1.29, 1.82) is 0 Å². The number of amides is 1. The minimum absolute atomic E-state index is 0.0304. The van der Waals surface area contributed by atoms with Crippen LogP contribution in [0, 0.1) is 6.92 Å². The van der Waals surface area contributed by atoms with E-state index in [1.807, 2.05) is 30.8 Å². The average Bonchev–Trinajstić information content (AvgIpc) is 3.05. The number of carbonyl (C=O) groups excluding carboxylic acids is 1. The van der Waals surface area contributed by atoms with Gasteiger partial charge in [-0.25, -0.2) is 9.97 Å². The minimum atomic E-state index is -0.271. The zero-order valence-electron chi connectivity index (χ0n) is 12.2. The molecule has 0 aliphatic carbocycles. The van der Waals surface area contributed by atoms with E-state index in [0.29, 0.717) is 6.54 Å². The molecule has 0 fully saturated rings. The minimum Gasteiger partial charge on any atom is -0.347 e. The summed E-state index contributed by atoms with van der Waals surface area (Å²) in [6.07, 6.45) is 8.27. The van der Waals surface area contributed by atoms with Gasteiger partial charge in [0, 0.05) is 31.3 Å². The van der Waals surface area contributed by atoms with Crippen molar-refractivity contribution < 1.29 is 4.79 Å². The summed E-state index contributed by atoms with van der Waals surface area (Å²) in [6.45, 7) is 7.23. The highest BCUT2D eigenvalue weighted by Crippen LogP contribution is 2.09. The first-order chi connectivity index (χ1) is 9.63. The molecule has 0 saturated carbocycles. The predicted molar refractivity (Wildman–Crippen MR) is 76.0 cm³/mol. The Morgan fingerprint density at radius 1 is 1.35 bits per heavy atom. The first-order valence-electron chi connectivity index (χ1n) is 6.90. The van der Waals surface area contributed by atoms with E-state index in [-0.39, 0.29) is 11.9 Å². The fourth-order valence-corrected chi connectivity index (χ4v) is 2.19. The third-order valence-electron chi connectivity index (χ3n) is 3.35. The Hall–Kier alpha value is -2.11. The van der Waals surface area contributed by atoms with Crippen LogP contribution in [0.3, 0.4) is 0 Å². The summed E-state index contributed by atoms with van der Waals surface area (Å²) in [5, 5.41) is 2.93. The van der Waals surface area contributed by atoms with Gasteiger partial charge in [-0.3, -0.25) is 4.79 Å². The van der Waals surface area contributed by atoms with Gasteiger partial charge in [0.05, 0.1) is 6.54 Å². The number of aromatic nitrogens is 4. The third-order valence-corrected chi connectivity index (χ3v) is 3.35. The van der Waals surface area contributed by atoms with E-state index in [1.165, 1.54) is 0 Å². The molecule has 0 aliphatic heterocycles. The van der Waals surface area contributed by atoms with Crippen LogP contribution in [-0.4, -0.2) is 25.0 Å². The molecule has 0 radical (unpaired) electrons. The number of rotatable bonds is 6. The van der Waals surface area contributed by atoms with Crippen molar-refractivity contribution >= 4 is 5.91 Å². The smallest absolute Gasteiger partial charge is 0.243 e. The van der Waals surface area contributed by atoms with E-state index in [4.69, 9.17) is 0 Å². The monoisotopic (exact) mass is 275 g/mol. The molecule has 0 unspecified atom stereocenters. The molecule has 1 N–H and O–H groups in total. The Morgan fingerprint density at radius 2 is 2.10 bits per heavy atom. The second-order valence-electron chi connectivity index (χ2n) is 4.81. The van der Waals surface area contributed by atoms with Gasteiger partial charge in [0.25, 0.3) is 0 Å². The highest BCUT2D eigenvalue weighted by molar-refractivity contribution is 5.79. The van der Waals surface area contributed by atoms with Crippen LogP contribution in [0.5, 0.6) is 0 Å². The quantitative estimate of drug-likeness (QED) is 0.872. The SMILES string of the molecule is CCCn1ccnc1CNC(=O)[C@@H](C)n1ccnc1C. The second kappa shape index (κ2) is 6.36. The van der Waals surface area contributed by atoms with Gasteiger partial charge in [0.2, 0.25) is 5.91 Å². The van der Waals surface area contributed by atoms with Gasteiger partial charge in [0.1, 0.15) is 17.7 Å². The molecule has 0 saturated heterocycles. The van der Waals surface area contributed by atoms with Crippen LogP contribution in [0.1, 0.15) is 38.0 Å². The van der Waals surface area contributed by atoms with Crippen molar-refractivity contribution in [1.82, 2.24) is 24.4 Å². The molecule has 2 aromatic rings. The van der Waals surface area contributed by atoms with Crippen molar-refractivity contribution in [2.45, 2.75) is 46.3 Å². The Kier molecular flexibility index (Phi) is 4.55. The molecule has 108 valence electrons. The fraction of sp³-hybridized carbons (Fsp3) is 0.500. The van der Waals surface area contributed by atoms with Crippen LogP contribution in [0.25, 0.3) is 0 Å². The maximum atomic E-state index is 12.2. The summed E-state index contributed by atoms with van der Waals surface area (Å²) in [6, 6.07) is -0.271. The predicted octanol–water partition coefficient (Wildman–Crippen LogP) is 1.68. The van der Waals surface area contributed by atoms with Gasteiger partial charge < -0.3 is 14.5 Å². The zero-order chi connectivity index (χ0) is 14.5. The summed E-state index contributed by atoms with van der Waals surface area (Å²) < 4.78 is 3.92. The van der Waals surface area contributed by atoms with Crippen molar-refractivity contribution in [3.63, 3.8) is 0 Å². The normalized spacial score (nSPS) is 12.3. The molecule has 0 spiro atoms. The van der Waals surface area contributed by atoms with Gasteiger partial charge in [-0.1, -0.05) is 6.92 Å². The number of hydrogen-bond acceptors (Lipinski definition) is 3. The molecular formula is C14H21N5O. The number of nitrogens with one attached hydrogen (secondary N) is 1. The number of carbonyl (C=O) groups is 1. The fourth-order valence-electron chi connectivity index (χ4n) is 2.19. The molecule has 1 atom stereocenters. The van der Waals surface area contributed by atoms with Crippen molar-refractivity contribution in [2.24, 2.45) is 0 Å². The lowest BCUT2D eigenvalue weighted by Crippen LogP contribution is -2.31. The molecule has 2 aromatic heterocycles. The number of hydrogen-bond donors (Lipinski definition) is 1. The average molecular weight is 275 g/mol. The maximum absolute atomic E-state index is 12.2. The highest BCUT2D eigenvalue weighted by atomic mass is 16.2. The summed E-state index contributed by atoms with van der Waals surface area (Å²) in [5.74, 6) is 1.69. The lowest BCUT2D eigenvalue weighted by atomic mass is 10.3. The molecule has 0 aliphatic rings. The summed E-state index contributed by atoms with van der Waals surface area (Å²) in [5.41, 5.74) is 0. The zero-order valence-corrected chi connectivity index (χ0v) is 12.2. The highest BCUT2D eigenvalue weighted by Gasteiger charge is 2.16. The summed E-state index contributed by atoms with van der Waals surface area (Å²) in [7, 11) is 0. The van der Waals surface area contributed by atoms with Crippen molar-refractivity contribution in [3.05, 3.63) is 36.4 Å². The summed E-state index contributed by atoms with van der Waals surface area (Å²) in [4.78, 5) is 20.6. The molecule has 6 nitrogen and oxygen atoms in total. The van der Waals surface area contributed by atoms with Gasteiger partial charge >= 0.3 is 0 Å². The van der Waals surface area contributed by atoms with E-state index in [2.05, 4.69) is 26.8 Å². The van der Waals surface area contributed by atoms with Crippen LogP contribution in [0.15, 0.2) is 24.8 Å². The number of aryl methyl sites for hydroxylation is 2. The van der Waals surface area contributed by atoms with Crippen LogP contribution < -0.4 is 5.32 Å². The lowest BCUT2D eigenvalue weighted by molar-refractivity contribution is -0.124. The second-order valence-corrected chi connectivity index (χ2v) is 4.81. The third kappa shape index (κ3) is 3.07. The van der Waals surface area contributed by atoms with Crippen LogP contribution in [0.4, 0.5) is 0 Å². The first-order valence-corrected chi connectivity index (χ1v) is 6.90. The molecular weight excluding hydrogens is 254 g/mol. The molecule has 0 bridgehead atoms. The number of nitrogens with zero attached hydrogens (tertiary/aromatic N) is 4. The van der Waals surface area contributed by atoms with Gasteiger partial charge in [-0.2, -0.15) is 0 Å². The van der Waals surface area contributed by atoms with E-state index in [9.17, 15) is 4.79 Å². The van der Waals surface area contributed by atoms with Crippen LogP contribution in [-0.2, 0) is 17.9 Å². The Bertz CT molecular complexity index is 572. The van der Waals surface area contributed by atoms with Crippen LogP contribution >= 0.6 is 0 Å². The molecule has 0 aromatic carbocycles. The van der Waals surface area contributed by atoms with Gasteiger partial charge in [0.15, 0.2) is 0 Å². The lowest BCUT2D eigenvalue weighted by Gasteiger charge is -2.15. The maximum Gasteiger partial charge on any atom is 0.243 e. The van der Waals surface area contributed by atoms with Crippen molar-refractivity contribution in [3.8, 4) is 0 Å². The molecule has 2 heterocycles. The van der Waals surface area contributed by atoms with Crippen LogP contribution in [0.2, 0.25) is 0 Å². The number of imidazole rings is 2. The van der Waals surface area contributed by atoms with E-state index in [0.717, 1.165) is 24.6 Å². The first kappa shape index (κ1) is 14.3. The summed E-state index contributed by atoms with van der Waals surface area (Å²) >= 11 is 0. The Labute approximate surface area is 118 Å². The Balaban J connectivity index is 1.95. The van der Waals surface area contributed by atoms with Crippen molar-refractivity contribution in [2.75, 3.05) is 0 Å². The molecule has 1 amide bonds. The Morgan fingerprint density at radius 3 is 2.75 bits per heavy atom. The van der Waals surface area contributed by atoms with E-state index in [1.54, 1.807) is 12.4 Å². The largest absolute Gasteiger partial charge is 0.347 e. The topological polar surface area (TPSA) is 64.7 Å². The molecule has 2 rings (SSSR count). The van der Waals surface area contributed by atoms with E-state index < -0.39 is 0 Å².